The fourth-order valence-corrected chi connectivity index (χ4v) is 6.48. The van der Waals surface area contributed by atoms with Crippen LogP contribution in [0.2, 0.25) is 0 Å². The number of rotatable bonds is 13. The third-order valence-corrected chi connectivity index (χ3v) is 10.00. The van der Waals surface area contributed by atoms with Gasteiger partial charge in [0.25, 0.3) is 0 Å². The predicted octanol–water partition coefficient (Wildman–Crippen LogP) is -4.14. The van der Waals surface area contributed by atoms with Gasteiger partial charge in [0.1, 0.15) is 36.3 Å². The summed E-state index contributed by atoms with van der Waals surface area (Å²) in [6.45, 7) is 2.11. The number of carbonyl (C=O) groups excluding carboxylic acids is 10. The van der Waals surface area contributed by atoms with Crippen molar-refractivity contribution in [3.05, 3.63) is 71.3 Å². The van der Waals surface area contributed by atoms with Crippen LogP contribution in [0.25, 0.3) is 0 Å². The van der Waals surface area contributed by atoms with Crippen LogP contribution in [0.15, 0.2) is 59.6 Å². The lowest BCUT2D eigenvalue weighted by molar-refractivity contribution is -0.136. The number of aliphatic imine (C=N–C) groups is 1. The van der Waals surface area contributed by atoms with Gasteiger partial charge in [-0.05, 0) is 62.3 Å². The molecule has 2 aromatic rings. The number of hydrogen-bond acceptors (Lipinski definition) is 11. The highest BCUT2D eigenvalue weighted by molar-refractivity contribution is 5.98. The molecule has 1 fully saturated rings. The summed E-state index contributed by atoms with van der Waals surface area (Å²) in [5.74, 6) is -8.12. The van der Waals surface area contributed by atoms with Gasteiger partial charge in [0.15, 0.2) is 5.96 Å². The number of hydrogen-bond donors (Lipinski definition) is 12. The standard InChI is InChI=1S/C42H59N13O10/c1-23-37(61)52-28(36(44)60)11-6-7-17-47-33(57)21-32(51-34(58)22-49-24(2)56)41(65)55-31(20-26-13-15-27(16-14-26)35(43)59)40(64)54-30(19-25-9-4-3-5-10-25)39(63)53-29(38(62)50-23)12-8-18-48-42(45)46/h3-5,9-10,13-16,23,28-32H,6-8,11-12,17-22H2,1-2H3,(H2,43,59)(H2,44,60)(H,47,57)(H,49,56)(H,50,62)(H,51,58)(H,52,61)(H,53,63)(H,54,64)(H,55,65)(H4,45,46,48)/t23-,28?,29-,30?,31-,32?/m0/s1. The molecule has 0 saturated carbocycles. The van der Waals surface area contributed by atoms with Crippen molar-refractivity contribution in [3.8, 4) is 0 Å². The van der Waals surface area contributed by atoms with Crippen molar-refractivity contribution in [2.75, 3.05) is 19.6 Å². The predicted molar refractivity (Wildman–Crippen MR) is 235 cm³/mol. The summed E-state index contributed by atoms with van der Waals surface area (Å²) >= 11 is 0. The number of primary amides is 2. The minimum Gasteiger partial charge on any atom is -0.370 e. The van der Waals surface area contributed by atoms with E-state index in [1.165, 1.54) is 38.1 Å². The molecule has 352 valence electrons. The highest BCUT2D eigenvalue weighted by Crippen LogP contribution is 2.11. The number of benzene rings is 2. The molecular weight excluding hydrogens is 847 g/mol. The van der Waals surface area contributed by atoms with E-state index in [1.807, 2.05) is 0 Å². The number of carbonyl (C=O) groups is 10. The average molecular weight is 906 g/mol. The third kappa shape index (κ3) is 18.7. The van der Waals surface area contributed by atoms with Crippen LogP contribution in [0.3, 0.4) is 0 Å². The Hall–Kier alpha value is -7.59. The summed E-state index contributed by atoms with van der Waals surface area (Å²) in [5, 5.41) is 20.3. The Morgan fingerprint density at radius 1 is 0.708 bits per heavy atom. The number of nitrogens with one attached hydrogen (secondary N) is 8. The molecule has 0 spiro atoms. The van der Waals surface area contributed by atoms with E-state index in [1.54, 1.807) is 30.3 Å². The quantitative estimate of drug-likeness (QED) is 0.0518. The molecule has 3 unspecified atom stereocenters. The SMILES string of the molecule is CC(=O)NCC(=O)NC1CC(=O)NCCCCC(C(N)=O)NC(=O)[C@H](C)NC(=O)[C@H](CCCN=C(N)N)NC(=O)C(Cc2ccccc2)NC(=O)[C@H](Cc2ccc(C(N)=O)cc2)NC1=O. The van der Waals surface area contributed by atoms with E-state index in [-0.39, 0.29) is 69.6 Å². The Morgan fingerprint density at radius 3 is 1.88 bits per heavy atom. The van der Waals surface area contributed by atoms with Crippen molar-refractivity contribution < 1.29 is 47.9 Å². The lowest BCUT2D eigenvalue weighted by Gasteiger charge is -2.27. The average Bonchev–Trinajstić information content (AvgIpc) is 3.25. The van der Waals surface area contributed by atoms with Crippen molar-refractivity contribution in [1.29, 1.82) is 0 Å². The molecule has 0 radical (unpaired) electrons. The summed E-state index contributed by atoms with van der Waals surface area (Å²) in [7, 11) is 0. The Labute approximate surface area is 375 Å². The third-order valence-electron chi connectivity index (χ3n) is 10.00. The lowest BCUT2D eigenvalue weighted by atomic mass is 10.0. The van der Waals surface area contributed by atoms with Gasteiger partial charge in [-0.3, -0.25) is 52.9 Å². The van der Waals surface area contributed by atoms with Gasteiger partial charge >= 0.3 is 0 Å². The zero-order chi connectivity index (χ0) is 48.1. The Kier molecular flexibility index (Phi) is 20.8. The maximum atomic E-state index is 14.4. The van der Waals surface area contributed by atoms with E-state index in [0.29, 0.717) is 11.1 Å². The smallest absolute Gasteiger partial charge is 0.248 e. The molecule has 6 atom stereocenters. The highest BCUT2D eigenvalue weighted by Gasteiger charge is 2.33. The molecule has 16 N–H and O–H groups in total. The van der Waals surface area contributed by atoms with Crippen LogP contribution in [0.4, 0.5) is 0 Å². The van der Waals surface area contributed by atoms with E-state index >= 15 is 0 Å². The summed E-state index contributed by atoms with van der Waals surface area (Å²) in [6.07, 6.45) is -0.229. The first kappa shape index (κ1) is 51.8. The maximum absolute atomic E-state index is 14.4. The van der Waals surface area contributed by atoms with Gasteiger partial charge in [-0.2, -0.15) is 0 Å². The monoisotopic (exact) mass is 905 g/mol. The molecule has 1 heterocycles. The van der Waals surface area contributed by atoms with Crippen LogP contribution in [-0.4, -0.2) is 121 Å². The first-order valence-corrected chi connectivity index (χ1v) is 20.9. The van der Waals surface area contributed by atoms with Crippen LogP contribution in [-0.2, 0) is 56.0 Å². The second kappa shape index (κ2) is 26.1. The zero-order valence-corrected chi connectivity index (χ0v) is 36.3. The Bertz CT molecular complexity index is 2060. The highest BCUT2D eigenvalue weighted by atomic mass is 16.2. The lowest BCUT2D eigenvalue weighted by Crippen LogP contribution is -2.60. The van der Waals surface area contributed by atoms with Crippen LogP contribution >= 0.6 is 0 Å². The topological polar surface area (TPSA) is 383 Å². The van der Waals surface area contributed by atoms with E-state index in [4.69, 9.17) is 22.9 Å². The van der Waals surface area contributed by atoms with Crippen LogP contribution in [0.1, 0.15) is 73.9 Å². The first-order chi connectivity index (χ1) is 30.8. The molecule has 1 saturated heterocycles. The van der Waals surface area contributed by atoms with Gasteiger partial charge in [-0.25, -0.2) is 0 Å². The summed E-state index contributed by atoms with van der Waals surface area (Å²) in [6, 6.07) is 6.15. The molecule has 0 aliphatic carbocycles. The van der Waals surface area contributed by atoms with E-state index in [9.17, 15) is 47.9 Å². The molecule has 1 aliphatic heterocycles. The summed E-state index contributed by atoms with van der Waals surface area (Å²) < 4.78 is 0. The van der Waals surface area contributed by atoms with Gasteiger partial charge < -0.3 is 65.5 Å². The van der Waals surface area contributed by atoms with Crippen molar-refractivity contribution in [2.24, 2.45) is 27.9 Å². The minimum absolute atomic E-state index is 0.0413. The Morgan fingerprint density at radius 2 is 1.29 bits per heavy atom. The van der Waals surface area contributed by atoms with Crippen molar-refractivity contribution in [1.82, 2.24) is 42.5 Å². The molecule has 65 heavy (non-hydrogen) atoms. The second-order valence-corrected chi connectivity index (χ2v) is 15.4. The summed E-state index contributed by atoms with van der Waals surface area (Å²) in [4.78, 5) is 135. The molecular formula is C42H59N13O10. The van der Waals surface area contributed by atoms with Crippen molar-refractivity contribution in [3.63, 3.8) is 0 Å². The van der Waals surface area contributed by atoms with E-state index in [0.717, 1.165) is 0 Å². The minimum atomic E-state index is -1.59. The molecule has 23 nitrogen and oxygen atoms in total. The fourth-order valence-electron chi connectivity index (χ4n) is 6.48. The molecule has 23 heteroatoms. The van der Waals surface area contributed by atoms with Gasteiger partial charge in [0, 0.05) is 38.4 Å². The van der Waals surface area contributed by atoms with Gasteiger partial charge in [-0.15, -0.1) is 0 Å². The number of nitrogens with zero attached hydrogens (tertiary/aromatic N) is 1. The number of guanidine groups is 1. The molecule has 1 aliphatic rings. The normalized spacial score (nSPS) is 21.9. The zero-order valence-electron chi connectivity index (χ0n) is 36.3. The molecule has 0 bridgehead atoms. The van der Waals surface area contributed by atoms with Crippen LogP contribution in [0.5, 0.6) is 0 Å². The van der Waals surface area contributed by atoms with Gasteiger partial charge in [0.05, 0.1) is 13.0 Å². The van der Waals surface area contributed by atoms with E-state index < -0.39 is 108 Å². The van der Waals surface area contributed by atoms with E-state index in [2.05, 4.69) is 47.5 Å². The van der Waals surface area contributed by atoms with Gasteiger partial charge in [-0.1, -0.05) is 42.5 Å². The number of amides is 10. The van der Waals surface area contributed by atoms with Gasteiger partial charge in [0.2, 0.25) is 59.1 Å². The van der Waals surface area contributed by atoms with Crippen LogP contribution in [0, 0.1) is 0 Å². The fraction of sp³-hybridized carbons (Fsp3) is 0.452. The maximum Gasteiger partial charge on any atom is 0.248 e. The summed E-state index contributed by atoms with van der Waals surface area (Å²) in [5.41, 5.74) is 23.1. The molecule has 10 amide bonds. The molecule has 3 rings (SSSR count). The molecule has 2 aromatic carbocycles. The number of nitrogens with two attached hydrogens (primary N) is 4. The van der Waals surface area contributed by atoms with Crippen molar-refractivity contribution in [2.45, 2.75) is 101 Å². The van der Waals surface area contributed by atoms with Crippen molar-refractivity contribution >= 4 is 65.0 Å². The largest absolute Gasteiger partial charge is 0.370 e. The molecule has 0 aromatic heterocycles. The Balaban J connectivity index is 2.11. The van der Waals surface area contributed by atoms with Crippen LogP contribution < -0.4 is 65.5 Å². The first-order valence-electron chi connectivity index (χ1n) is 20.9. The second-order valence-electron chi connectivity index (χ2n) is 15.4.